The molecule has 6 nitrogen and oxygen atoms in total. The molecule has 1 fully saturated rings. The van der Waals surface area contributed by atoms with Gasteiger partial charge in [0.05, 0.1) is 15.0 Å². The van der Waals surface area contributed by atoms with Crippen LogP contribution in [-0.4, -0.2) is 25.6 Å². The molecule has 2 aromatic rings. The van der Waals surface area contributed by atoms with Crippen LogP contribution in [0.3, 0.4) is 0 Å². The zero-order chi connectivity index (χ0) is 18.4. The first-order valence-electron chi connectivity index (χ1n) is 7.37. The van der Waals surface area contributed by atoms with Gasteiger partial charge in [0, 0.05) is 30.0 Å². The van der Waals surface area contributed by atoms with Crippen LogP contribution in [0.25, 0.3) is 0 Å². The van der Waals surface area contributed by atoms with E-state index in [1.807, 2.05) is 12.1 Å². The lowest BCUT2D eigenvalue weighted by Gasteiger charge is -2.09. The summed E-state index contributed by atoms with van der Waals surface area (Å²) in [6, 6.07) is 9.57. The molecule has 25 heavy (non-hydrogen) atoms. The molecule has 0 aromatic heterocycles. The summed E-state index contributed by atoms with van der Waals surface area (Å²) in [6.07, 6.45) is 1.80. The molecule has 1 N–H and O–H groups in total. The van der Waals surface area contributed by atoms with Gasteiger partial charge in [-0.3, -0.25) is 10.1 Å². The first-order chi connectivity index (χ1) is 11.7. The van der Waals surface area contributed by atoms with E-state index in [4.69, 9.17) is 23.2 Å². The van der Waals surface area contributed by atoms with Crippen LogP contribution in [0, 0.1) is 10.1 Å². The number of hydrogen-bond acceptors (Lipinski definition) is 5. The fraction of sp³-hybridized carbons (Fsp3) is 0.250. The Balaban J connectivity index is 1.81. The summed E-state index contributed by atoms with van der Waals surface area (Å²) in [5.41, 5.74) is 1.14. The van der Waals surface area contributed by atoms with Gasteiger partial charge in [-0.2, -0.15) is 0 Å². The van der Waals surface area contributed by atoms with Crippen LogP contribution in [-0.2, 0) is 9.84 Å². The van der Waals surface area contributed by atoms with Crippen LogP contribution in [0.4, 0.5) is 11.4 Å². The number of nitrogens with zero attached hydrogens (tertiary/aromatic N) is 1. The summed E-state index contributed by atoms with van der Waals surface area (Å²) < 4.78 is 23.6. The number of rotatable bonds is 5. The molecule has 2 atom stereocenters. The number of anilines is 1. The highest BCUT2D eigenvalue weighted by Gasteiger charge is 2.39. The van der Waals surface area contributed by atoms with Gasteiger partial charge >= 0.3 is 0 Å². The highest BCUT2D eigenvalue weighted by atomic mass is 35.5. The monoisotopic (exact) mass is 400 g/mol. The van der Waals surface area contributed by atoms with Gasteiger partial charge in [0.2, 0.25) is 0 Å². The van der Waals surface area contributed by atoms with Crippen LogP contribution in [0.5, 0.6) is 0 Å². The van der Waals surface area contributed by atoms with Crippen molar-refractivity contribution < 1.29 is 13.3 Å². The molecular weight excluding hydrogens is 387 g/mol. The second-order valence-electron chi connectivity index (χ2n) is 5.98. The van der Waals surface area contributed by atoms with Crippen molar-refractivity contribution in [3.8, 4) is 0 Å². The van der Waals surface area contributed by atoms with Crippen molar-refractivity contribution in [1.29, 1.82) is 0 Å². The molecule has 0 aliphatic heterocycles. The number of hydrogen-bond donors (Lipinski definition) is 1. The van der Waals surface area contributed by atoms with Crippen LogP contribution < -0.4 is 5.32 Å². The summed E-state index contributed by atoms with van der Waals surface area (Å²) in [5, 5.41) is 15.2. The van der Waals surface area contributed by atoms with Gasteiger partial charge in [-0.05, 0) is 36.2 Å². The first kappa shape index (κ1) is 18.0. The summed E-state index contributed by atoms with van der Waals surface area (Å²) in [6.45, 7) is 0. The van der Waals surface area contributed by atoms with Gasteiger partial charge in [-0.15, -0.1) is 0 Å². The summed E-state index contributed by atoms with van der Waals surface area (Å²) in [4.78, 5) is 10.0. The van der Waals surface area contributed by atoms with Gasteiger partial charge in [-0.1, -0.05) is 29.3 Å². The number of nitro groups is 1. The van der Waals surface area contributed by atoms with Crippen molar-refractivity contribution >= 4 is 44.4 Å². The maximum absolute atomic E-state index is 11.8. The molecule has 2 unspecified atom stereocenters. The maximum atomic E-state index is 11.8. The van der Waals surface area contributed by atoms with E-state index in [9.17, 15) is 18.5 Å². The summed E-state index contributed by atoms with van der Waals surface area (Å²) >= 11 is 11.9. The lowest BCUT2D eigenvalue weighted by atomic mass is 10.1. The van der Waals surface area contributed by atoms with Crippen molar-refractivity contribution in [3.05, 3.63) is 62.1 Å². The Morgan fingerprint density at radius 2 is 1.88 bits per heavy atom. The van der Waals surface area contributed by atoms with Gasteiger partial charge in [0.25, 0.3) is 5.69 Å². The minimum Gasteiger partial charge on any atom is -0.382 e. The summed E-state index contributed by atoms with van der Waals surface area (Å²) in [7, 11) is -3.71. The molecule has 1 saturated carbocycles. The molecule has 3 rings (SSSR count). The molecule has 1 aliphatic carbocycles. The number of halogens is 2. The topological polar surface area (TPSA) is 89.3 Å². The quantitative estimate of drug-likeness (QED) is 0.597. The van der Waals surface area contributed by atoms with E-state index >= 15 is 0 Å². The zero-order valence-electron chi connectivity index (χ0n) is 13.1. The molecule has 0 radical (unpaired) electrons. The minimum atomic E-state index is -3.71. The van der Waals surface area contributed by atoms with E-state index in [0.717, 1.165) is 18.2 Å². The largest absolute Gasteiger partial charge is 0.382 e. The number of benzene rings is 2. The molecule has 2 aromatic carbocycles. The number of nitrogens with one attached hydrogen (secondary N) is 1. The lowest BCUT2D eigenvalue weighted by Crippen LogP contribution is -2.07. The Morgan fingerprint density at radius 3 is 2.48 bits per heavy atom. The first-order valence-corrected chi connectivity index (χ1v) is 10.0. The molecule has 0 spiro atoms. The second kappa shape index (κ2) is 6.48. The van der Waals surface area contributed by atoms with Crippen molar-refractivity contribution in [2.75, 3.05) is 11.6 Å². The molecular formula is C16H14Cl2N2O4S. The highest BCUT2D eigenvalue weighted by Crippen LogP contribution is 2.44. The van der Waals surface area contributed by atoms with E-state index in [1.165, 1.54) is 18.2 Å². The molecule has 9 heteroatoms. The van der Waals surface area contributed by atoms with Gasteiger partial charge < -0.3 is 5.32 Å². The van der Waals surface area contributed by atoms with Crippen molar-refractivity contribution in [1.82, 2.24) is 0 Å². The second-order valence-corrected chi connectivity index (χ2v) is 8.78. The number of sulfone groups is 1. The van der Waals surface area contributed by atoms with Crippen LogP contribution in [0.2, 0.25) is 10.0 Å². The average Bonchev–Trinajstić information content (AvgIpc) is 3.28. The molecule has 1 aliphatic rings. The third kappa shape index (κ3) is 3.89. The molecule has 0 heterocycles. The van der Waals surface area contributed by atoms with E-state index in [2.05, 4.69) is 5.32 Å². The molecule has 0 saturated heterocycles. The molecule has 0 bridgehead atoms. The Labute approximate surface area is 154 Å². The highest BCUT2D eigenvalue weighted by molar-refractivity contribution is 7.90. The Morgan fingerprint density at radius 1 is 1.16 bits per heavy atom. The minimum absolute atomic E-state index is 0.103. The third-order valence-electron chi connectivity index (χ3n) is 4.07. The van der Waals surface area contributed by atoms with Crippen molar-refractivity contribution in [2.24, 2.45) is 0 Å². The van der Waals surface area contributed by atoms with Crippen LogP contribution in [0.15, 0.2) is 41.3 Å². The Kier molecular flexibility index (Phi) is 4.66. The molecule has 132 valence electrons. The zero-order valence-corrected chi connectivity index (χ0v) is 15.4. The van der Waals surface area contributed by atoms with Gasteiger partial charge in [0.15, 0.2) is 9.84 Å². The lowest BCUT2D eigenvalue weighted by molar-refractivity contribution is -0.387. The van der Waals surface area contributed by atoms with Crippen molar-refractivity contribution in [2.45, 2.75) is 23.3 Å². The Bertz CT molecular complexity index is 963. The van der Waals surface area contributed by atoms with E-state index in [-0.39, 0.29) is 16.9 Å². The maximum Gasteiger partial charge on any atom is 0.288 e. The van der Waals surface area contributed by atoms with Crippen LogP contribution in [0.1, 0.15) is 17.9 Å². The fourth-order valence-corrected chi connectivity index (χ4v) is 3.90. The third-order valence-corrected chi connectivity index (χ3v) is 5.94. The standard InChI is InChI=1S/C16H14Cl2N2O4S/c1-25(23,24)16-7-10(3-5-15(16)20(21)22)19-14-8-11(14)9-2-4-12(17)13(18)6-9/h2-7,11,14,19H,8H2,1H3. The summed E-state index contributed by atoms with van der Waals surface area (Å²) in [5.74, 6) is 0.228. The SMILES string of the molecule is CS(=O)(=O)c1cc(NC2CC2c2ccc(Cl)c(Cl)c2)ccc1[N+](=O)[O-]. The van der Waals surface area contributed by atoms with Gasteiger partial charge in [0.1, 0.15) is 4.90 Å². The van der Waals surface area contributed by atoms with Gasteiger partial charge in [-0.25, -0.2) is 8.42 Å². The fourth-order valence-electron chi connectivity index (χ4n) is 2.73. The average molecular weight is 401 g/mol. The predicted octanol–water partition coefficient (Wildman–Crippen LogP) is 4.27. The normalized spacial score (nSPS) is 19.5. The van der Waals surface area contributed by atoms with E-state index in [0.29, 0.717) is 15.7 Å². The van der Waals surface area contributed by atoms with Crippen molar-refractivity contribution in [3.63, 3.8) is 0 Å². The van der Waals surface area contributed by atoms with Crippen LogP contribution >= 0.6 is 23.2 Å². The number of nitro benzene ring substituents is 1. The van der Waals surface area contributed by atoms with E-state index in [1.54, 1.807) is 6.07 Å². The molecule has 0 amide bonds. The Hall–Kier alpha value is -1.83. The van der Waals surface area contributed by atoms with E-state index < -0.39 is 20.4 Å². The predicted molar refractivity (Wildman–Crippen MR) is 97.4 cm³/mol. The smallest absolute Gasteiger partial charge is 0.288 e.